The lowest BCUT2D eigenvalue weighted by Gasteiger charge is -1.93. The molecule has 0 aliphatic heterocycles. The molecule has 0 aliphatic rings. The Morgan fingerprint density at radius 2 is 2.33 bits per heavy atom. The van der Waals surface area contributed by atoms with Crippen LogP contribution in [0.2, 0.25) is 0 Å². The van der Waals surface area contributed by atoms with Crippen molar-refractivity contribution >= 4 is 46.3 Å². The third kappa shape index (κ3) is 1.45. The van der Waals surface area contributed by atoms with Gasteiger partial charge >= 0.3 is 0 Å². The van der Waals surface area contributed by atoms with Crippen molar-refractivity contribution in [2.45, 2.75) is 5.75 Å². The standard InChI is InChI=1S/C8H7IN2S/c9-8-10-6-2-1-5(4-12)3-7(6)11-8/h1-3,12H,4H2,(H,10,11). The van der Waals surface area contributed by atoms with Crippen molar-refractivity contribution in [3.05, 3.63) is 27.6 Å². The number of hydrogen-bond donors (Lipinski definition) is 2. The zero-order valence-corrected chi connectivity index (χ0v) is 9.26. The Balaban J connectivity index is 2.66. The van der Waals surface area contributed by atoms with Crippen LogP contribution in [0.3, 0.4) is 0 Å². The maximum Gasteiger partial charge on any atom is 0.169 e. The van der Waals surface area contributed by atoms with Crippen LogP contribution in [-0.2, 0) is 5.75 Å². The largest absolute Gasteiger partial charge is 0.333 e. The van der Waals surface area contributed by atoms with Crippen molar-refractivity contribution in [2.24, 2.45) is 0 Å². The molecule has 0 amide bonds. The van der Waals surface area contributed by atoms with E-state index in [-0.39, 0.29) is 0 Å². The quantitative estimate of drug-likeness (QED) is 0.613. The summed E-state index contributed by atoms with van der Waals surface area (Å²) in [6, 6.07) is 6.15. The number of benzene rings is 1. The maximum absolute atomic E-state index is 4.32. The van der Waals surface area contributed by atoms with Gasteiger partial charge in [-0.3, -0.25) is 0 Å². The smallest absolute Gasteiger partial charge is 0.169 e. The minimum atomic E-state index is 0.763. The molecule has 0 bridgehead atoms. The Morgan fingerprint density at radius 1 is 1.50 bits per heavy atom. The van der Waals surface area contributed by atoms with Gasteiger partial charge in [0.25, 0.3) is 0 Å². The number of halogens is 1. The Hall–Kier alpha value is -0.230. The number of aromatic amines is 1. The normalized spacial score (nSPS) is 10.8. The number of imidazole rings is 1. The summed E-state index contributed by atoms with van der Waals surface area (Å²) in [5.74, 6) is 0.763. The van der Waals surface area contributed by atoms with Gasteiger partial charge in [-0.1, -0.05) is 6.07 Å². The highest BCUT2D eigenvalue weighted by atomic mass is 127. The average Bonchev–Trinajstić information content (AvgIpc) is 2.43. The first-order valence-electron chi connectivity index (χ1n) is 3.54. The van der Waals surface area contributed by atoms with Crippen LogP contribution in [-0.4, -0.2) is 9.97 Å². The van der Waals surface area contributed by atoms with E-state index in [2.05, 4.69) is 57.3 Å². The minimum absolute atomic E-state index is 0.763. The first kappa shape index (κ1) is 8.37. The summed E-state index contributed by atoms with van der Waals surface area (Å²) >= 11 is 6.37. The van der Waals surface area contributed by atoms with Crippen molar-refractivity contribution in [1.29, 1.82) is 0 Å². The summed E-state index contributed by atoms with van der Waals surface area (Å²) in [6.07, 6.45) is 0. The lowest BCUT2D eigenvalue weighted by Crippen LogP contribution is -1.76. The van der Waals surface area contributed by atoms with Gasteiger partial charge in [-0.05, 0) is 40.3 Å². The van der Waals surface area contributed by atoms with Gasteiger partial charge in [0, 0.05) is 5.75 Å². The molecule has 0 saturated heterocycles. The first-order chi connectivity index (χ1) is 5.79. The molecule has 0 aliphatic carbocycles. The van der Waals surface area contributed by atoms with Gasteiger partial charge in [0.1, 0.15) is 0 Å². The molecule has 0 atom stereocenters. The maximum atomic E-state index is 4.32. The molecule has 1 aromatic heterocycles. The van der Waals surface area contributed by atoms with Crippen LogP contribution >= 0.6 is 35.2 Å². The number of H-pyrrole nitrogens is 1. The van der Waals surface area contributed by atoms with Crippen LogP contribution in [0.25, 0.3) is 11.0 Å². The van der Waals surface area contributed by atoms with Gasteiger partial charge in [-0.25, -0.2) is 4.98 Å². The highest BCUT2D eigenvalue weighted by Gasteiger charge is 1.99. The van der Waals surface area contributed by atoms with Crippen molar-refractivity contribution in [2.75, 3.05) is 0 Å². The average molecular weight is 290 g/mol. The summed E-state index contributed by atoms with van der Waals surface area (Å²) in [5, 5.41) is 0. The Bertz CT molecular complexity index is 410. The van der Waals surface area contributed by atoms with Crippen LogP contribution < -0.4 is 0 Å². The fourth-order valence-electron chi connectivity index (χ4n) is 1.12. The van der Waals surface area contributed by atoms with E-state index in [9.17, 15) is 0 Å². The Kier molecular flexibility index (Phi) is 2.27. The lowest BCUT2D eigenvalue weighted by molar-refractivity contribution is 1.26. The number of nitrogens with one attached hydrogen (secondary N) is 1. The molecule has 0 unspecified atom stereocenters. The number of fused-ring (bicyclic) bond motifs is 1. The second-order valence-electron chi connectivity index (χ2n) is 2.54. The Labute approximate surface area is 89.3 Å². The summed E-state index contributed by atoms with van der Waals surface area (Å²) < 4.78 is 0.930. The van der Waals surface area contributed by atoms with E-state index >= 15 is 0 Å². The van der Waals surface area contributed by atoms with Crippen LogP contribution in [0.5, 0.6) is 0 Å². The van der Waals surface area contributed by atoms with Crippen molar-refractivity contribution in [3.63, 3.8) is 0 Å². The zero-order chi connectivity index (χ0) is 8.55. The van der Waals surface area contributed by atoms with Crippen LogP contribution in [0.15, 0.2) is 18.2 Å². The summed E-state index contributed by atoms with van der Waals surface area (Å²) in [7, 11) is 0. The molecule has 2 aromatic rings. The predicted molar refractivity (Wildman–Crippen MR) is 61.5 cm³/mol. The van der Waals surface area contributed by atoms with Crippen LogP contribution in [0, 0.1) is 3.83 Å². The molecule has 2 rings (SSSR count). The van der Waals surface area contributed by atoms with Gasteiger partial charge < -0.3 is 4.98 Å². The van der Waals surface area contributed by atoms with Gasteiger partial charge in [-0.15, -0.1) is 0 Å². The third-order valence-corrected chi connectivity index (χ3v) is 2.58. The molecule has 4 heteroatoms. The monoisotopic (exact) mass is 290 g/mol. The molecular formula is C8H7IN2S. The van der Waals surface area contributed by atoms with Crippen LogP contribution in [0.4, 0.5) is 0 Å². The van der Waals surface area contributed by atoms with E-state index in [1.807, 2.05) is 6.07 Å². The van der Waals surface area contributed by atoms with Crippen molar-refractivity contribution in [1.82, 2.24) is 9.97 Å². The fraction of sp³-hybridized carbons (Fsp3) is 0.125. The number of hydrogen-bond acceptors (Lipinski definition) is 2. The Morgan fingerprint density at radius 3 is 3.08 bits per heavy atom. The van der Waals surface area contributed by atoms with Gasteiger partial charge in [0.05, 0.1) is 11.0 Å². The van der Waals surface area contributed by atoms with Crippen LogP contribution in [0.1, 0.15) is 5.56 Å². The third-order valence-electron chi connectivity index (χ3n) is 1.70. The number of rotatable bonds is 1. The molecule has 1 aromatic carbocycles. The van der Waals surface area contributed by atoms with E-state index < -0.39 is 0 Å². The van der Waals surface area contributed by atoms with Crippen molar-refractivity contribution < 1.29 is 0 Å². The molecule has 1 heterocycles. The molecule has 0 spiro atoms. The predicted octanol–water partition coefficient (Wildman–Crippen LogP) is 2.60. The summed E-state index contributed by atoms with van der Waals surface area (Å²) in [4.78, 5) is 7.48. The molecular weight excluding hydrogens is 283 g/mol. The number of nitrogens with zero attached hydrogens (tertiary/aromatic N) is 1. The number of thiol groups is 1. The first-order valence-corrected chi connectivity index (χ1v) is 5.26. The van der Waals surface area contributed by atoms with Gasteiger partial charge in [0.15, 0.2) is 3.83 Å². The molecule has 1 N–H and O–H groups in total. The topological polar surface area (TPSA) is 28.7 Å². The van der Waals surface area contributed by atoms with E-state index in [1.165, 1.54) is 5.56 Å². The molecule has 0 saturated carbocycles. The second kappa shape index (κ2) is 3.26. The minimum Gasteiger partial charge on any atom is -0.333 e. The van der Waals surface area contributed by atoms with E-state index in [4.69, 9.17) is 0 Å². The zero-order valence-electron chi connectivity index (χ0n) is 6.21. The van der Waals surface area contributed by atoms with E-state index in [0.717, 1.165) is 20.6 Å². The molecule has 62 valence electrons. The SMILES string of the molecule is SCc1ccc2[nH]c(I)nc2c1. The highest BCUT2D eigenvalue weighted by molar-refractivity contribution is 14.1. The molecule has 0 fully saturated rings. The molecule has 12 heavy (non-hydrogen) atoms. The van der Waals surface area contributed by atoms with Gasteiger partial charge in [0.2, 0.25) is 0 Å². The summed E-state index contributed by atoms with van der Waals surface area (Å²) in [5.41, 5.74) is 3.31. The lowest BCUT2D eigenvalue weighted by atomic mass is 10.2. The van der Waals surface area contributed by atoms with E-state index in [0.29, 0.717) is 0 Å². The second-order valence-corrected chi connectivity index (χ2v) is 3.88. The fourth-order valence-corrected chi connectivity index (χ4v) is 1.87. The van der Waals surface area contributed by atoms with E-state index in [1.54, 1.807) is 0 Å². The summed E-state index contributed by atoms with van der Waals surface area (Å²) in [6.45, 7) is 0. The molecule has 0 radical (unpaired) electrons. The van der Waals surface area contributed by atoms with Crippen molar-refractivity contribution in [3.8, 4) is 0 Å². The van der Waals surface area contributed by atoms with Gasteiger partial charge in [-0.2, -0.15) is 12.6 Å². The highest BCUT2D eigenvalue weighted by Crippen LogP contribution is 2.15. The molecule has 2 nitrogen and oxygen atoms in total. The number of aromatic nitrogens is 2.